The predicted octanol–water partition coefficient (Wildman–Crippen LogP) is 4.02. The average molecular weight is 326 g/mol. The molecule has 0 amide bonds. The normalized spacial score (nSPS) is 11.0. The number of thiazole rings is 1. The van der Waals surface area contributed by atoms with Crippen LogP contribution in [-0.4, -0.2) is 11.5 Å². The van der Waals surface area contributed by atoms with Gasteiger partial charge in [0.25, 0.3) is 0 Å². The fraction of sp³-hybridized carbons (Fsp3) is 0.438. The zero-order valence-electron chi connectivity index (χ0n) is 13.3. The number of nitrogens with two attached hydrogens (primary N) is 1. The molecule has 0 aliphatic heterocycles. The number of rotatable bonds is 3. The van der Waals surface area contributed by atoms with Gasteiger partial charge < -0.3 is 5.73 Å². The minimum atomic E-state index is -0.199. The highest BCUT2D eigenvalue weighted by Crippen LogP contribution is 2.30. The van der Waals surface area contributed by atoms with E-state index in [1.165, 1.54) is 6.07 Å². The van der Waals surface area contributed by atoms with Crippen molar-refractivity contribution in [2.45, 2.75) is 40.0 Å². The Labute approximate surface area is 133 Å². The van der Waals surface area contributed by atoms with Gasteiger partial charge in [-0.1, -0.05) is 27.7 Å². The van der Waals surface area contributed by atoms with Crippen LogP contribution in [0.3, 0.4) is 0 Å². The molecule has 116 valence electrons. The average Bonchev–Trinajstić information content (AvgIpc) is 2.97. The van der Waals surface area contributed by atoms with Crippen molar-refractivity contribution in [1.29, 1.82) is 0 Å². The van der Waals surface area contributed by atoms with Crippen LogP contribution in [0.2, 0.25) is 0 Å². The van der Waals surface area contributed by atoms with Crippen LogP contribution in [0.1, 0.15) is 38.3 Å². The fourth-order valence-electron chi connectivity index (χ4n) is 1.65. The van der Waals surface area contributed by atoms with E-state index in [1.807, 2.05) is 25.3 Å². The minimum Gasteiger partial charge on any atom is -0.330 e. The first-order valence-corrected chi connectivity index (χ1v) is 8.53. The van der Waals surface area contributed by atoms with Crippen LogP contribution in [0.15, 0.2) is 17.5 Å². The molecule has 2 N–H and O–H groups in total. The lowest BCUT2D eigenvalue weighted by molar-refractivity contribution is 0.536. The van der Waals surface area contributed by atoms with Crippen molar-refractivity contribution < 1.29 is 4.39 Å². The minimum absolute atomic E-state index is 0.143. The first-order valence-electron chi connectivity index (χ1n) is 7.07. The van der Waals surface area contributed by atoms with Gasteiger partial charge in [-0.25, -0.2) is 9.37 Å². The Morgan fingerprint density at radius 1 is 1.33 bits per heavy atom. The molecule has 1 unspecified atom stereocenters. The molecule has 1 aromatic heterocycles. The zero-order chi connectivity index (χ0) is 16.2. The molecule has 5 heteroatoms. The van der Waals surface area contributed by atoms with Crippen molar-refractivity contribution in [3.05, 3.63) is 33.9 Å². The number of hydrogen-bond donors (Lipinski definition) is 1. The summed E-state index contributed by atoms with van der Waals surface area (Å²) in [5.74, 6) is -0.199. The van der Waals surface area contributed by atoms with Gasteiger partial charge in [-0.3, -0.25) is 0 Å². The van der Waals surface area contributed by atoms with Gasteiger partial charge >= 0.3 is 0 Å². The second-order valence-corrected chi connectivity index (χ2v) is 6.78. The number of halogens is 1. The van der Waals surface area contributed by atoms with Crippen LogP contribution in [0.4, 0.5) is 4.39 Å². The van der Waals surface area contributed by atoms with Gasteiger partial charge in [0, 0.05) is 22.9 Å². The summed E-state index contributed by atoms with van der Waals surface area (Å²) in [5, 5.41) is 3.81. The first kappa shape index (κ1) is 18.2. The molecule has 0 bridgehead atoms. The van der Waals surface area contributed by atoms with Crippen LogP contribution in [0.5, 0.6) is 0 Å². The molecule has 0 aliphatic rings. The maximum Gasteiger partial charge on any atom is 0.127 e. The summed E-state index contributed by atoms with van der Waals surface area (Å²) < 4.78 is 13.8. The SMILES string of the molecule is CC.Cc1c(F)cc(-c2csc(C(C)(C)CN)n2)cc1P. The van der Waals surface area contributed by atoms with E-state index < -0.39 is 0 Å². The monoisotopic (exact) mass is 326 g/mol. The Bertz CT molecular complexity index is 585. The summed E-state index contributed by atoms with van der Waals surface area (Å²) in [5.41, 5.74) is 7.89. The van der Waals surface area contributed by atoms with Gasteiger partial charge in [0.15, 0.2) is 0 Å². The van der Waals surface area contributed by atoms with E-state index in [9.17, 15) is 4.39 Å². The Balaban J connectivity index is 0.00000106. The summed E-state index contributed by atoms with van der Waals surface area (Å²) in [4.78, 5) is 4.60. The Morgan fingerprint density at radius 3 is 2.48 bits per heavy atom. The summed E-state index contributed by atoms with van der Waals surface area (Å²) >= 11 is 1.57. The second-order valence-electron chi connectivity index (χ2n) is 5.30. The molecule has 1 aromatic carbocycles. The second kappa shape index (κ2) is 7.44. The van der Waals surface area contributed by atoms with Gasteiger partial charge in [-0.05, 0) is 29.9 Å². The topological polar surface area (TPSA) is 38.9 Å². The third-order valence-corrected chi connectivity index (χ3v) is 5.08. The van der Waals surface area contributed by atoms with E-state index in [0.717, 1.165) is 21.6 Å². The van der Waals surface area contributed by atoms with E-state index in [0.29, 0.717) is 12.1 Å². The molecule has 0 spiro atoms. The van der Waals surface area contributed by atoms with Crippen molar-refractivity contribution in [2.75, 3.05) is 6.54 Å². The number of benzene rings is 1. The number of hydrogen-bond acceptors (Lipinski definition) is 3. The van der Waals surface area contributed by atoms with Crippen molar-refractivity contribution in [2.24, 2.45) is 5.73 Å². The smallest absolute Gasteiger partial charge is 0.127 e. The highest BCUT2D eigenvalue weighted by Gasteiger charge is 2.23. The van der Waals surface area contributed by atoms with E-state index >= 15 is 0 Å². The molecule has 0 saturated carbocycles. The molecular formula is C16H24FN2PS. The van der Waals surface area contributed by atoms with Crippen molar-refractivity contribution in [3.63, 3.8) is 0 Å². The molecule has 0 aliphatic carbocycles. The quantitative estimate of drug-likeness (QED) is 0.865. The van der Waals surface area contributed by atoms with Crippen molar-refractivity contribution in [3.8, 4) is 11.3 Å². The lowest BCUT2D eigenvalue weighted by atomic mass is 9.95. The molecule has 2 nitrogen and oxygen atoms in total. The van der Waals surface area contributed by atoms with Crippen LogP contribution in [0.25, 0.3) is 11.3 Å². The number of aromatic nitrogens is 1. The van der Waals surface area contributed by atoms with Gasteiger partial charge in [-0.2, -0.15) is 0 Å². The lowest BCUT2D eigenvalue weighted by Gasteiger charge is -2.18. The van der Waals surface area contributed by atoms with Gasteiger partial charge in [0.2, 0.25) is 0 Å². The molecule has 2 rings (SSSR count). The molecule has 0 fully saturated rings. The van der Waals surface area contributed by atoms with Crippen LogP contribution in [-0.2, 0) is 5.41 Å². The maximum atomic E-state index is 13.8. The Morgan fingerprint density at radius 2 is 1.95 bits per heavy atom. The third-order valence-electron chi connectivity index (χ3n) is 3.27. The van der Waals surface area contributed by atoms with Crippen LogP contribution >= 0.6 is 20.6 Å². The first-order chi connectivity index (χ1) is 9.85. The summed E-state index contributed by atoms with van der Waals surface area (Å²) in [7, 11) is 2.56. The molecule has 21 heavy (non-hydrogen) atoms. The Kier molecular flexibility index (Phi) is 6.45. The molecule has 1 atom stereocenters. The van der Waals surface area contributed by atoms with E-state index in [1.54, 1.807) is 18.3 Å². The summed E-state index contributed by atoms with van der Waals surface area (Å²) in [6.45, 7) is 10.4. The molecule has 2 aromatic rings. The van der Waals surface area contributed by atoms with E-state index in [4.69, 9.17) is 5.73 Å². The standard InChI is InChI=1S/C14H18FN2PS.C2H6/c1-8-10(15)4-9(5-12(8)18)11-6-19-13(17-11)14(2,3)7-16;1-2/h4-6H,7,16,18H2,1-3H3;1-2H3. The van der Waals surface area contributed by atoms with Crippen LogP contribution in [0, 0.1) is 12.7 Å². The fourth-order valence-corrected chi connectivity index (χ4v) is 2.94. The molecule has 0 radical (unpaired) electrons. The lowest BCUT2D eigenvalue weighted by Crippen LogP contribution is -2.27. The van der Waals surface area contributed by atoms with Crippen molar-refractivity contribution >= 4 is 25.9 Å². The summed E-state index contributed by atoms with van der Waals surface area (Å²) in [6.07, 6.45) is 0. The molecule has 0 saturated heterocycles. The maximum absolute atomic E-state index is 13.8. The summed E-state index contributed by atoms with van der Waals surface area (Å²) in [6, 6.07) is 3.48. The van der Waals surface area contributed by atoms with Gasteiger partial charge in [0.05, 0.1) is 5.69 Å². The van der Waals surface area contributed by atoms with Crippen molar-refractivity contribution in [1.82, 2.24) is 4.98 Å². The third kappa shape index (κ3) is 4.09. The largest absolute Gasteiger partial charge is 0.330 e. The molecule has 1 heterocycles. The Hall–Kier alpha value is -0.830. The highest BCUT2D eigenvalue weighted by atomic mass is 32.1. The number of nitrogens with zero attached hydrogens (tertiary/aromatic N) is 1. The van der Waals surface area contributed by atoms with E-state index in [-0.39, 0.29) is 11.2 Å². The van der Waals surface area contributed by atoms with E-state index in [2.05, 4.69) is 28.1 Å². The highest BCUT2D eigenvalue weighted by molar-refractivity contribution is 7.27. The zero-order valence-corrected chi connectivity index (χ0v) is 15.3. The van der Waals surface area contributed by atoms with Gasteiger partial charge in [-0.15, -0.1) is 20.6 Å². The predicted molar refractivity (Wildman–Crippen MR) is 95.0 cm³/mol. The van der Waals surface area contributed by atoms with Crippen LogP contribution < -0.4 is 11.0 Å². The van der Waals surface area contributed by atoms with Gasteiger partial charge in [0.1, 0.15) is 10.8 Å². The molecular weight excluding hydrogens is 302 g/mol.